The summed E-state index contributed by atoms with van der Waals surface area (Å²) < 4.78 is 1.52. The maximum atomic E-state index is 11.7. The summed E-state index contributed by atoms with van der Waals surface area (Å²) in [5.74, 6) is 0.249. The van der Waals surface area contributed by atoms with E-state index in [0.29, 0.717) is 22.7 Å². The quantitative estimate of drug-likeness (QED) is 0.544. The molecule has 4 N–H and O–H groups in total. The lowest BCUT2D eigenvalue weighted by Crippen LogP contribution is -2.04. The lowest BCUT2D eigenvalue weighted by Gasteiger charge is -2.03. The van der Waals surface area contributed by atoms with Crippen molar-refractivity contribution in [3.05, 3.63) is 42.4 Å². The standard InChI is InChI=1S/C14H13N5O/c1-8(20)12-6-11(9-2-4-10(15)5-3-9)13-14(16)17-7-18-19(12)13/h2-7H,15H2,1H3,(H2,16,17,18). The predicted molar refractivity (Wildman–Crippen MR) is 77.3 cm³/mol. The summed E-state index contributed by atoms with van der Waals surface area (Å²) in [5.41, 5.74) is 15.1. The number of fused-ring (bicyclic) bond motifs is 1. The molecule has 2 aromatic heterocycles. The van der Waals surface area contributed by atoms with Crippen molar-refractivity contribution in [1.82, 2.24) is 14.6 Å². The highest BCUT2D eigenvalue weighted by Crippen LogP contribution is 2.30. The van der Waals surface area contributed by atoms with Crippen LogP contribution in [0.5, 0.6) is 0 Å². The number of aromatic nitrogens is 3. The predicted octanol–water partition coefficient (Wildman–Crippen LogP) is 1.76. The number of rotatable bonds is 2. The van der Waals surface area contributed by atoms with Gasteiger partial charge < -0.3 is 11.5 Å². The number of hydrogen-bond acceptors (Lipinski definition) is 5. The van der Waals surface area contributed by atoms with E-state index in [9.17, 15) is 4.79 Å². The average molecular weight is 267 g/mol. The van der Waals surface area contributed by atoms with Crippen LogP contribution in [-0.2, 0) is 0 Å². The second-order valence-electron chi connectivity index (χ2n) is 4.53. The number of nitrogens with two attached hydrogens (primary N) is 2. The number of Topliss-reactive ketones (excluding diaryl/α,β-unsaturated/α-hetero) is 1. The van der Waals surface area contributed by atoms with Gasteiger partial charge in [0.05, 0.1) is 0 Å². The van der Waals surface area contributed by atoms with Crippen molar-refractivity contribution in [2.24, 2.45) is 0 Å². The minimum atomic E-state index is -0.0835. The second kappa shape index (κ2) is 4.34. The lowest BCUT2D eigenvalue weighted by atomic mass is 10.1. The Hall–Kier alpha value is -2.89. The van der Waals surface area contributed by atoms with Gasteiger partial charge in [-0.3, -0.25) is 4.79 Å². The molecule has 0 amide bonds. The highest BCUT2D eigenvalue weighted by Gasteiger charge is 2.17. The van der Waals surface area contributed by atoms with E-state index in [1.54, 1.807) is 18.2 Å². The zero-order chi connectivity index (χ0) is 14.3. The van der Waals surface area contributed by atoms with Crippen LogP contribution in [0.1, 0.15) is 17.4 Å². The van der Waals surface area contributed by atoms with Crippen molar-refractivity contribution in [3.63, 3.8) is 0 Å². The van der Waals surface area contributed by atoms with Gasteiger partial charge in [-0.25, -0.2) is 9.50 Å². The normalized spacial score (nSPS) is 10.8. The summed E-state index contributed by atoms with van der Waals surface area (Å²) in [5, 5.41) is 4.11. The van der Waals surface area contributed by atoms with E-state index in [4.69, 9.17) is 11.5 Å². The fourth-order valence-electron chi connectivity index (χ4n) is 2.20. The van der Waals surface area contributed by atoms with Crippen LogP contribution >= 0.6 is 0 Å². The average Bonchev–Trinajstić information content (AvgIpc) is 2.81. The monoisotopic (exact) mass is 267 g/mol. The number of benzene rings is 1. The van der Waals surface area contributed by atoms with Gasteiger partial charge in [0, 0.05) is 18.2 Å². The molecule has 6 heteroatoms. The van der Waals surface area contributed by atoms with Crippen LogP contribution in [0.15, 0.2) is 36.7 Å². The number of carbonyl (C=O) groups is 1. The first-order valence-electron chi connectivity index (χ1n) is 6.07. The summed E-state index contributed by atoms with van der Waals surface area (Å²) in [4.78, 5) is 15.7. The minimum absolute atomic E-state index is 0.0835. The Balaban J connectivity index is 2.35. The van der Waals surface area contributed by atoms with E-state index in [0.717, 1.165) is 11.1 Å². The first kappa shape index (κ1) is 12.2. The highest BCUT2D eigenvalue weighted by atomic mass is 16.1. The SMILES string of the molecule is CC(=O)c1cc(-c2ccc(N)cc2)c2c(N)ncnn12. The minimum Gasteiger partial charge on any atom is -0.399 e. The molecule has 0 fully saturated rings. The second-order valence-corrected chi connectivity index (χ2v) is 4.53. The number of carbonyl (C=O) groups excluding carboxylic acids is 1. The van der Waals surface area contributed by atoms with Gasteiger partial charge in [0.15, 0.2) is 11.6 Å². The smallest absolute Gasteiger partial charge is 0.178 e. The van der Waals surface area contributed by atoms with Crippen molar-refractivity contribution < 1.29 is 4.79 Å². The molecule has 20 heavy (non-hydrogen) atoms. The molecule has 0 bridgehead atoms. The van der Waals surface area contributed by atoms with E-state index in [1.165, 1.54) is 17.8 Å². The number of anilines is 2. The third-order valence-electron chi connectivity index (χ3n) is 3.17. The van der Waals surface area contributed by atoms with Crippen molar-refractivity contribution in [3.8, 4) is 11.1 Å². The summed E-state index contributed by atoms with van der Waals surface area (Å²) in [7, 11) is 0. The summed E-state index contributed by atoms with van der Waals surface area (Å²) in [6, 6.07) is 9.12. The molecule has 0 spiro atoms. The Kier molecular flexibility index (Phi) is 2.64. The number of nitrogens with zero attached hydrogens (tertiary/aromatic N) is 3. The third kappa shape index (κ3) is 1.78. The molecule has 3 aromatic rings. The maximum absolute atomic E-state index is 11.7. The first-order chi connectivity index (χ1) is 9.58. The Morgan fingerprint density at radius 1 is 1.20 bits per heavy atom. The van der Waals surface area contributed by atoms with Gasteiger partial charge >= 0.3 is 0 Å². The zero-order valence-electron chi connectivity index (χ0n) is 10.9. The molecule has 0 aliphatic carbocycles. The topological polar surface area (TPSA) is 99.3 Å². The van der Waals surface area contributed by atoms with Gasteiger partial charge in [-0.1, -0.05) is 12.1 Å². The van der Waals surface area contributed by atoms with Crippen LogP contribution in [0.4, 0.5) is 11.5 Å². The van der Waals surface area contributed by atoms with Gasteiger partial charge in [-0.2, -0.15) is 5.10 Å². The van der Waals surface area contributed by atoms with Crippen molar-refractivity contribution >= 4 is 22.8 Å². The summed E-state index contributed by atoms with van der Waals surface area (Å²) in [6.07, 6.45) is 1.33. The zero-order valence-corrected chi connectivity index (χ0v) is 10.9. The van der Waals surface area contributed by atoms with Crippen LogP contribution in [0.3, 0.4) is 0 Å². The summed E-state index contributed by atoms with van der Waals surface area (Å²) in [6.45, 7) is 1.49. The third-order valence-corrected chi connectivity index (χ3v) is 3.17. The Bertz CT molecular complexity index is 804. The molecule has 0 saturated carbocycles. The number of ketones is 1. The fourth-order valence-corrected chi connectivity index (χ4v) is 2.20. The van der Waals surface area contributed by atoms with Crippen molar-refractivity contribution in [2.75, 3.05) is 11.5 Å². The molecule has 2 heterocycles. The highest BCUT2D eigenvalue weighted by molar-refractivity contribution is 5.99. The van der Waals surface area contributed by atoms with Crippen LogP contribution < -0.4 is 11.5 Å². The van der Waals surface area contributed by atoms with E-state index in [2.05, 4.69) is 10.1 Å². The molecule has 0 unspecified atom stereocenters. The number of hydrogen-bond donors (Lipinski definition) is 2. The Labute approximate surface area is 115 Å². The van der Waals surface area contributed by atoms with Gasteiger partial charge in [-0.15, -0.1) is 0 Å². The molecule has 6 nitrogen and oxygen atoms in total. The summed E-state index contributed by atoms with van der Waals surface area (Å²) >= 11 is 0. The van der Waals surface area contributed by atoms with Crippen molar-refractivity contribution in [2.45, 2.75) is 6.92 Å². The largest absolute Gasteiger partial charge is 0.399 e. The van der Waals surface area contributed by atoms with Crippen molar-refractivity contribution in [1.29, 1.82) is 0 Å². The van der Waals surface area contributed by atoms with E-state index in [-0.39, 0.29) is 5.78 Å². The first-order valence-corrected chi connectivity index (χ1v) is 6.07. The van der Waals surface area contributed by atoms with Crippen LogP contribution in [-0.4, -0.2) is 20.4 Å². The molecule has 100 valence electrons. The van der Waals surface area contributed by atoms with Crippen LogP contribution in [0.2, 0.25) is 0 Å². The number of nitrogen functional groups attached to an aromatic ring is 2. The lowest BCUT2D eigenvalue weighted by molar-refractivity contribution is 0.101. The van der Waals surface area contributed by atoms with Crippen LogP contribution in [0, 0.1) is 0 Å². The Morgan fingerprint density at radius 2 is 1.90 bits per heavy atom. The molecule has 1 aromatic carbocycles. The van der Waals surface area contributed by atoms with E-state index in [1.807, 2.05) is 12.1 Å². The molecular weight excluding hydrogens is 254 g/mol. The molecular formula is C14H13N5O. The van der Waals surface area contributed by atoms with Gasteiger partial charge in [0.25, 0.3) is 0 Å². The molecule has 0 aliphatic rings. The molecule has 0 radical (unpaired) electrons. The van der Waals surface area contributed by atoms with Crippen LogP contribution in [0.25, 0.3) is 16.6 Å². The fraction of sp³-hybridized carbons (Fsp3) is 0.0714. The Morgan fingerprint density at radius 3 is 2.55 bits per heavy atom. The molecule has 0 atom stereocenters. The van der Waals surface area contributed by atoms with E-state index < -0.39 is 0 Å². The van der Waals surface area contributed by atoms with Gasteiger partial charge in [-0.05, 0) is 23.8 Å². The van der Waals surface area contributed by atoms with Gasteiger partial charge in [0.1, 0.15) is 17.5 Å². The molecule has 0 aliphatic heterocycles. The maximum Gasteiger partial charge on any atom is 0.178 e. The molecule has 0 saturated heterocycles. The van der Waals surface area contributed by atoms with E-state index >= 15 is 0 Å². The molecule has 3 rings (SSSR count). The van der Waals surface area contributed by atoms with Gasteiger partial charge in [0.2, 0.25) is 0 Å².